The van der Waals surface area contributed by atoms with Gasteiger partial charge in [0.1, 0.15) is 5.75 Å². The fourth-order valence-electron chi connectivity index (χ4n) is 3.32. The predicted octanol–water partition coefficient (Wildman–Crippen LogP) is 5.89. The van der Waals surface area contributed by atoms with Gasteiger partial charge in [0, 0.05) is 5.56 Å². The first-order valence-electron chi connectivity index (χ1n) is 8.55. The Morgan fingerprint density at radius 1 is 1.14 bits per heavy atom. The molecule has 116 valence electrons. The quantitative estimate of drug-likeness (QED) is 0.625. The van der Waals surface area contributed by atoms with Crippen molar-refractivity contribution in [1.29, 1.82) is 0 Å². The van der Waals surface area contributed by atoms with E-state index < -0.39 is 0 Å². The standard InChI is InChI=1S/C21H26O/c1-4-5-12-22-21-11-6-15(2)13-20(21)18-9-10-19-16(3)7-8-17(19)14-18/h6,9-11,13-14,16H,4-5,7-8,12H2,1-3H3. The number of hydrogen-bond donors (Lipinski definition) is 0. The zero-order valence-corrected chi connectivity index (χ0v) is 14.0. The highest BCUT2D eigenvalue weighted by molar-refractivity contribution is 5.72. The van der Waals surface area contributed by atoms with Gasteiger partial charge in [-0.2, -0.15) is 0 Å². The van der Waals surface area contributed by atoms with Crippen molar-refractivity contribution in [2.75, 3.05) is 6.61 Å². The highest BCUT2D eigenvalue weighted by atomic mass is 16.5. The molecule has 1 heteroatoms. The van der Waals surface area contributed by atoms with Crippen molar-refractivity contribution >= 4 is 0 Å². The molecule has 1 nitrogen and oxygen atoms in total. The zero-order valence-electron chi connectivity index (χ0n) is 14.0. The molecular weight excluding hydrogens is 268 g/mol. The lowest BCUT2D eigenvalue weighted by Gasteiger charge is -2.14. The molecule has 1 atom stereocenters. The van der Waals surface area contributed by atoms with Crippen molar-refractivity contribution in [3.05, 3.63) is 53.1 Å². The summed E-state index contributed by atoms with van der Waals surface area (Å²) in [6, 6.07) is 13.5. The molecule has 0 saturated carbocycles. The van der Waals surface area contributed by atoms with Crippen LogP contribution in [0.2, 0.25) is 0 Å². The minimum absolute atomic E-state index is 0.710. The Bertz CT molecular complexity index is 657. The Labute approximate surface area is 134 Å². The first-order valence-corrected chi connectivity index (χ1v) is 8.55. The molecule has 0 radical (unpaired) electrons. The fraction of sp³-hybridized carbons (Fsp3) is 0.429. The topological polar surface area (TPSA) is 9.23 Å². The van der Waals surface area contributed by atoms with E-state index in [0.717, 1.165) is 25.2 Å². The van der Waals surface area contributed by atoms with Gasteiger partial charge in [0.05, 0.1) is 6.61 Å². The summed E-state index contributed by atoms with van der Waals surface area (Å²) in [6.07, 6.45) is 4.77. The third-order valence-electron chi connectivity index (χ3n) is 4.72. The number of benzene rings is 2. The summed E-state index contributed by atoms with van der Waals surface area (Å²) in [5.74, 6) is 1.73. The number of aryl methyl sites for hydroxylation is 2. The average molecular weight is 294 g/mol. The molecule has 0 spiro atoms. The van der Waals surface area contributed by atoms with E-state index in [1.807, 2.05) is 0 Å². The van der Waals surface area contributed by atoms with Crippen LogP contribution >= 0.6 is 0 Å². The molecule has 0 heterocycles. The third kappa shape index (κ3) is 3.04. The largest absolute Gasteiger partial charge is 0.493 e. The average Bonchev–Trinajstić information content (AvgIpc) is 2.90. The fourth-order valence-corrected chi connectivity index (χ4v) is 3.32. The zero-order chi connectivity index (χ0) is 15.5. The number of rotatable bonds is 5. The van der Waals surface area contributed by atoms with E-state index in [-0.39, 0.29) is 0 Å². The molecule has 1 aliphatic carbocycles. The first-order chi connectivity index (χ1) is 10.7. The van der Waals surface area contributed by atoms with Crippen LogP contribution < -0.4 is 4.74 Å². The van der Waals surface area contributed by atoms with Crippen LogP contribution in [-0.2, 0) is 6.42 Å². The molecule has 0 amide bonds. The van der Waals surface area contributed by atoms with Gasteiger partial charge in [0.25, 0.3) is 0 Å². The lowest BCUT2D eigenvalue weighted by atomic mass is 9.96. The molecule has 2 aromatic rings. The maximum atomic E-state index is 6.03. The summed E-state index contributed by atoms with van der Waals surface area (Å²) in [5.41, 5.74) is 6.86. The molecule has 2 aromatic carbocycles. The van der Waals surface area contributed by atoms with Gasteiger partial charge < -0.3 is 4.74 Å². The highest BCUT2D eigenvalue weighted by Crippen LogP contribution is 2.38. The van der Waals surface area contributed by atoms with Crippen LogP contribution in [0.5, 0.6) is 5.75 Å². The van der Waals surface area contributed by atoms with E-state index in [0.29, 0.717) is 5.92 Å². The molecule has 22 heavy (non-hydrogen) atoms. The Hall–Kier alpha value is -1.76. The summed E-state index contributed by atoms with van der Waals surface area (Å²) in [4.78, 5) is 0. The molecule has 3 rings (SSSR count). The van der Waals surface area contributed by atoms with E-state index in [1.54, 1.807) is 0 Å². The van der Waals surface area contributed by atoms with Crippen LogP contribution in [0, 0.1) is 6.92 Å². The monoisotopic (exact) mass is 294 g/mol. The Morgan fingerprint density at radius 3 is 2.82 bits per heavy atom. The maximum absolute atomic E-state index is 6.03. The van der Waals surface area contributed by atoms with Crippen molar-refractivity contribution in [2.45, 2.75) is 52.4 Å². The van der Waals surface area contributed by atoms with Crippen LogP contribution in [0.1, 0.15) is 55.7 Å². The summed E-state index contributed by atoms with van der Waals surface area (Å²) >= 11 is 0. The van der Waals surface area contributed by atoms with Crippen LogP contribution in [-0.4, -0.2) is 6.61 Å². The Morgan fingerprint density at radius 2 is 2.00 bits per heavy atom. The summed E-state index contributed by atoms with van der Waals surface area (Å²) < 4.78 is 6.03. The van der Waals surface area contributed by atoms with Gasteiger partial charge in [-0.25, -0.2) is 0 Å². The van der Waals surface area contributed by atoms with Gasteiger partial charge in [-0.15, -0.1) is 0 Å². The Kier molecular flexibility index (Phi) is 4.52. The van der Waals surface area contributed by atoms with Gasteiger partial charge in [-0.1, -0.05) is 50.1 Å². The van der Waals surface area contributed by atoms with Crippen molar-refractivity contribution in [1.82, 2.24) is 0 Å². The predicted molar refractivity (Wildman–Crippen MR) is 93.8 cm³/mol. The second kappa shape index (κ2) is 6.56. The lowest BCUT2D eigenvalue weighted by Crippen LogP contribution is -1.99. The molecule has 1 unspecified atom stereocenters. The normalized spacial score (nSPS) is 16.6. The minimum Gasteiger partial charge on any atom is -0.493 e. The molecular formula is C21H26O. The summed E-state index contributed by atoms with van der Waals surface area (Å²) in [6.45, 7) is 7.47. The maximum Gasteiger partial charge on any atom is 0.127 e. The van der Waals surface area contributed by atoms with Gasteiger partial charge in [0.2, 0.25) is 0 Å². The van der Waals surface area contributed by atoms with E-state index in [2.05, 4.69) is 57.2 Å². The van der Waals surface area contributed by atoms with Crippen LogP contribution in [0.4, 0.5) is 0 Å². The number of hydrogen-bond acceptors (Lipinski definition) is 1. The number of fused-ring (bicyclic) bond motifs is 1. The second-order valence-corrected chi connectivity index (χ2v) is 6.55. The third-order valence-corrected chi connectivity index (χ3v) is 4.72. The molecule has 0 N–H and O–H groups in total. The van der Waals surface area contributed by atoms with E-state index in [4.69, 9.17) is 4.74 Å². The smallest absolute Gasteiger partial charge is 0.127 e. The first kappa shape index (κ1) is 15.1. The van der Waals surface area contributed by atoms with Gasteiger partial charge in [0.15, 0.2) is 0 Å². The van der Waals surface area contributed by atoms with Crippen molar-refractivity contribution in [3.63, 3.8) is 0 Å². The van der Waals surface area contributed by atoms with Crippen LogP contribution in [0.15, 0.2) is 36.4 Å². The number of unbranched alkanes of at least 4 members (excludes halogenated alkanes) is 1. The number of ether oxygens (including phenoxy) is 1. The molecule has 0 aliphatic heterocycles. The van der Waals surface area contributed by atoms with E-state index in [9.17, 15) is 0 Å². The highest BCUT2D eigenvalue weighted by Gasteiger charge is 2.19. The van der Waals surface area contributed by atoms with Gasteiger partial charge in [-0.05, 0) is 60.9 Å². The summed E-state index contributed by atoms with van der Waals surface area (Å²) in [5, 5.41) is 0. The molecule has 1 aliphatic rings. The van der Waals surface area contributed by atoms with E-state index >= 15 is 0 Å². The van der Waals surface area contributed by atoms with E-state index in [1.165, 1.54) is 40.7 Å². The molecule has 0 fully saturated rings. The molecule has 0 bridgehead atoms. The SMILES string of the molecule is CCCCOc1ccc(C)cc1-c1ccc2c(c1)CCC2C. The molecule has 0 saturated heterocycles. The second-order valence-electron chi connectivity index (χ2n) is 6.55. The minimum atomic E-state index is 0.710. The van der Waals surface area contributed by atoms with Gasteiger partial charge >= 0.3 is 0 Å². The van der Waals surface area contributed by atoms with Gasteiger partial charge in [-0.3, -0.25) is 0 Å². The summed E-state index contributed by atoms with van der Waals surface area (Å²) in [7, 11) is 0. The lowest BCUT2D eigenvalue weighted by molar-refractivity contribution is 0.310. The van der Waals surface area contributed by atoms with Crippen molar-refractivity contribution in [2.24, 2.45) is 0 Å². The van der Waals surface area contributed by atoms with Crippen molar-refractivity contribution in [3.8, 4) is 16.9 Å². The molecule has 0 aromatic heterocycles. The van der Waals surface area contributed by atoms with Crippen molar-refractivity contribution < 1.29 is 4.74 Å². The Balaban J connectivity index is 1.95. The van der Waals surface area contributed by atoms with Crippen LogP contribution in [0.25, 0.3) is 11.1 Å². The van der Waals surface area contributed by atoms with Crippen LogP contribution in [0.3, 0.4) is 0 Å².